The Balaban J connectivity index is 1.65. The molecule has 1 aromatic heterocycles. The minimum atomic E-state index is 0.600. The monoisotopic (exact) mass is 277 g/mol. The first kappa shape index (κ1) is 15.6. The zero-order valence-corrected chi connectivity index (χ0v) is 13.3. The second kappa shape index (κ2) is 8.46. The van der Waals surface area contributed by atoms with Crippen molar-refractivity contribution < 1.29 is 0 Å². The SMILES string of the molecule is CCCCCCC(C)NCc1ccn(C2CCCC2)n1. The maximum Gasteiger partial charge on any atom is 0.0762 e. The van der Waals surface area contributed by atoms with Crippen LogP contribution in [0.15, 0.2) is 12.3 Å². The van der Waals surface area contributed by atoms with Crippen LogP contribution in [-0.4, -0.2) is 15.8 Å². The molecule has 0 bridgehead atoms. The van der Waals surface area contributed by atoms with E-state index in [4.69, 9.17) is 5.10 Å². The maximum absolute atomic E-state index is 4.73. The minimum Gasteiger partial charge on any atom is -0.309 e. The fourth-order valence-electron chi connectivity index (χ4n) is 3.10. The number of nitrogens with zero attached hydrogens (tertiary/aromatic N) is 2. The molecule has 1 fully saturated rings. The Hall–Kier alpha value is -0.830. The van der Waals surface area contributed by atoms with Gasteiger partial charge in [0.1, 0.15) is 0 Å². The number of rotatable bonds is 9. The van der Waals surface area contributed by atoms with E-state index in [0.29, 0.717) is 12.1 Å². The van der Waals surface area contributed by atoms with Crippen molar-refractivity contribution >= 4 is 0 Å². The molecule has 3 nitrogen and oxygen atoms in total. The number of hydrogen-bond acceptors (Lipinski definition) is 2. The molecule has 1 aliphatic rings. The maximum atomic E-state index is 4.73. The molecule has 2 rings (SSSR count). The Morgan fingerprint density at radius 3 is 2.85 bits per heavy atom. The van der Waals surface area contributed by atoms with E-state index < -0.39 is 0 Å². The molecule has 0 spiro atoms. The van der Waals surface area contributed by atoms with Crippen LogP contribution in [0.5, 0.6) is 0 Å². The molecular weight excluding hydrogens is 246 g/mol. The first-order chi connectivity index (χ1) is 9.79. The van der Waals surface area contributed by atoms with Crippen molar-refractivity contribution in [2.75, 3.05) is 0 Å². The molecule has 1 atom stereocenters. The van der Waals surface area contributed by atoms with Crippen molar-refractivity contribution in [1.82, 2.24) is 15.1 Å². The van der Waals surface area contributed by atoms with Gasteiger partial charge in [-0.1, -0.05) is 45.4 Å². The largest absolute Gasteiger partial charge is 0.309 e. The van der Waals surface area contributed by atoms with E-state index in [-0.39, 0.29) is 0 Å². The van der Waals surface area contributed by atoms with Gasteiger partial charge >= 0.3 is 0 Å². The van der Waals surface area contributed by atoms with Crippen LogP contribution in [0.25, 0.3) is 0 Å². The van der Waals surface area contributed by atoms with E-state index in [9.17, 15) is 0 Å². The Kier molecular flexibility index (Phi) is 6.58. The van der Waals surface area contributed by atoms with Gasteiger partial charge in [-0.15, -0.1) is 0 Å². The summed E-state index contributed by atoms with van der Waals surface area (Å²) < 4.78 is 2.19. The van der Waals surface area contributed by atoms with Gasteiger partial charge in [0.15, 0.2) is 0 Å². The number of unbranched alkanes of at least 4 members (excludes halogenated alkanes) is 3. The normalized spacial score (nSPS) is 17.7. The Morgan fingerprint density at radius 2 is 2.10 bits per heavy atom. The van der Waals surface area contributed by atoms with Crippen LogP contribution in [0.4, 0.5) is 0 Å². The van der Waals surface area contributed by atoms with Crippen LogP contribution < -0.4 is 5.32 Å². The molecule has 114 valence electrons. The highest BCUT2D eigenvalue weighted by Gasteiger charge is 2.17. The molecule has 1 unspecified atom stereocenters. The van der Waals surface area contributed by atoms with Crippen molar-refractivity contribution in [2.24, 2.45) is 0 Å². The second-order valence-electron chi connectivity index (χ2n) is 6.36. The third-order valence-electron chi connectivity index (χ3n) is 4.48. The molecule has 1 heterocycles. The van der Waals surface area contributed by atoms with Crippen LogP contribution in [0.3, 0.4) is 0 Å². The van der Waals surface area contributed by atoms with Crippen LogP contribution in [-0.2, 0) is 6.54 Å². The van der Waals surface area contributed by atoms with Crippen LogP contribution in [0, 0.1) is 0 Å². The lowest BCUT2D eigenvalue weighted by Crippen LogP contribution is -2.25. The predicted molar refractivity (Wildman–Crippen MR) is 84.8 cm³/mol. The molecule has 0 amide bonds. The predicted octanol–water partition coefficient (Wildman–Crippen LogP) is 4.45. The molecule has 1 aliphatic carbocycles. The molecule has 0 aromatic carbocycles. The molecule has 3 heteroatoms. The molecule has 0 saturated heterocycles. The van der Waals surface area contributed by atoms with Crippen molar-refractivity contribution in [3.8, 4) is 0 Å². The molecule has 1 saturated carbocycles. The lowest BCUT2D eigenvalue weighted by atomic mass is 10.1. The Labute approximate surface area is 124 Å². The van der Waals surface area contributed by atoms with Crippen molar-refractivity contribution in [1.29, 1.82) is 0 Å². The Morgan fingerprint density at radius 1 is 1.30 bits per heavy atom. The minimum absolute atomic E-state index is 0.600. The smallest absolute Gasteiger partial charge is 0.0762 e. The summed E-state index contributed by atoms with van der Waals surface area (Å²) in [4.78, 5) is 0. The lowest BCUT2D eigenvalue weighted by Gasteiger charge is -2.13. The van der Waals surface area contributed by atoms with E-state index in [1.807, 2.05) is 0 Å². The van der Waals surface area contributed by atoms with Gasteiger partial charge in [-0.25, -0.2) is 0 Å². The molecule has 0 radical (unpaired) electrons. The van der Waals surface area contributed by atoms with Crippen LogP contribution >= 0.6 is 0 Å². The fourth-order valence-corrected chi connectivity index (χ4v) is 3.10. The molecule has 20 heavy (non-hydrogen) atoms. The standard InChI is InChI=1S/C17H31N3/c1-3-4-5-6-9-15(2)18-14-16-12-13-20(19-16)17-10-7-8-11-17/h12-13,15,17-18H,3-11,14H2,1-2H3. The summed E-state index contributed by atoms with van der Waals surface area (Å²) in [7, 11) is 0. The highest BCUT2D eigenvalue weighted by Crippen LogP contribution is 2.28. The van der Waals surface area contributed by atoms with E-state index >= 15 is 0 Å². The van der Waals surface area contributed by atoms with Gasteiger partial charge in [-0.3, -0.25) is 4.68 Å². The topological polar surface area (TPSA) is 29.9 Å². The first-order valence-electron chi connectivity index (χ1n) is 8.57. The van der Waals surface area contributed by atoms with Gasteiger partial charge in [-0.2, -0.15) is 5.10 Å². The third-order valence-corrected chi connectivity index (χ3v) is 4.48. The molecule has 1 N–H and O–H groups in total. The quantitative estimate of drug-likeness (QED) is 0.676. The summed E-state index contributed by atoms with van der Waals surface area (Å²) >= 11 is 0. The highest BCUT2D eigenvalue weighted by atomic mass is 15.3. The van der Waals surface area contributed by atoms with Gasteiger partial charge in [0.2, 0.25) is 0 Å². The summed E-state index contributed by atoms with van der Waals surface area (Å²) in [6.45, 7) is 5.47. The number of aromatic nitrogens is 2. The summed E-state index contributed by atoms with van der Waals surface area (Å²) in [6, 6.07) is 3.44. The second-order valence-corrected chi connectivity index (χ2v) is 6.36. The molecular formula is C17H31N3. The average molecular weight is 277 g/mol. The Bertz CT molecular complexity index is 366. The highest BCUT2D eigenvalue weighted by molar-refractivity contribution is 5.00. The summed E-state index contributed by atoms with van der Waals surface area (Å²) in [5.41, 5.74) is 1.19. The average Bonchev–Trinajstić information content (AvgIpc) is 3.11. The van der Waals surface area contributed by atoms with Gasteiger partial charge < -0.3 is 5.32 Å². The van der Waals surface area contributed by atoms with E-state index in [2.05, 4.69) is 36.1 Å². The van der Waals surface area contributed by atoms with Gasteiger partial charge in [0.05, 0.1) is 11.7 Å². The van der Waals surface area contributed by atoms with Gasteiger partial charge in [0.25, 0.3) is 0 Å². The first-order valence-corrected chi connectivity index (χ1v) is 8.57. The summed E-state index contributed by atoms with van der Waals surface area (Å²) in [6.07, 6.45) is 14.2. The van der Waals surface area contributed by atoms with E-state index in [0.717, 1.165) is 6.54 Å². The summed E-state index contributed by atoms with van der Waals surface area (Å²) in [5.74, 6) is 0. The zero-order chi connectivity index (χ0) is 14.2. The number of nitrogens with one attached hydrogen (secondary N) is 1. The van der Waals surface area contributed by atoms with Crippen molar-refractivity contribution in [2.45, 2.75) is 90.3 Å². The molecule has 0 aliphatic heterocycles. The summed E-state index contributed by atoms with van der Waals surface area (Å²) in [5, 5.41) is 8.33. The third kappa shape index (κ3) is 4.93. The van der Waals surface area contributed by atoms with Crippen LogP contribution in [0.2, 0.25) is 0 Å². The van der Waals surface area contributed by atoms with Gasteiger partial charge in [-0.05, 0) is 32.3 Å². The van der Waals surface area contributed by atoms with E-state index in [1.54, 1.807) is 0 Å². The molecule has 1 aromatic rings. The van der Waals surface area contributed by atoms with E-state index in [1.165, 1.54) is 63.5 Å². The number of hydrogen-bond donors (Lipinski definition) is 1. The fraction of sp³-hybridized carbons (Fsp3) is 0.824. The van der Waals surface area contributed by atoms with Crippen molar-refractivity contribution in [3.63, 3.8) is 0 Å². The van der Waals surface area contributed by atoms with Crippen LogP contribution in [0.1, 0.15) is 83.4 Å². The van der Waals surface area contributed by atoms with Gasteiger partial charge in [0, 0.05) is 18.8 Å². The lowest BCUT2D eigenvalue weighted by molar-refractivity contribution is 0.450. The van der Waals surface area contributed by atoms with Crippen molar-refractivity contribution in [3.05, 3.63) is 18.0 Å². The zero-order valence-electron chi connectivity index (χ0n) is 13.3.